The molecule has 0 saturated carbocycles. The third-order valence-electron chi connectivity index (χ3n) is 4.24. The van der Waals surface area contributed by atoms with E-state index >= 15 is 0 Å². The fourth-order valence-corrected chi connectivity index (χ4v) is 3.89. The molecule has 0 bridgehead atoms. The van der Waals surface area contributed by atoms with Crippen LogP contribution in [0.3, 0.4) is 0 Å². The van der Waals surface area contributed by atoms with Crippen molar-refractivity contribution in [2.75, 3.05) is 20.4 Å². The van der Waals surface area contributed by atoms with Gasteiger partial charge in [-0.2, -0.15) is 5.26 Å². The number of sulfone groups is 1. The van der Waals surface area contributed by atoms with Gasteiger partial charge < -0.3 is 14.8 Å². The molecule has 27 heavy (non-hydrogen) atoms. The van der Waals surface area contributed by atoms with E-state index in [1.807, 2.05) is 0 Å². The molecule has 8 nitrogen and oxygen atoms in total. The number of oxime groups is 1. The maximum Gasteiger partial charge on any atom is 0.267 e. The van der Waals surface area contributed by atoms with Crippen LogP contribution in [0.15, 0.2) is 27.8 Å². The second-order valence-electron chi connectivity index (χ2n) is 6.58. The van der Waals surface area contributed by atoms with Crippen LogP contribution in [0, 0.1) is 18.3 Å². The van der Waals surface area contributed by atoms with Gasteiger partial charge >= 0.3 is 0 Å². The van der Waals surface area contributed by atoms with E-state index in [-0.39, 0.29) is 10.5 Å². The number of hydrogen-bond acceptors (Lipinski definition) is 7. The lowest BCUT2D eigenvalue weighted by atomic mass is 9.93. The summed E-state index contributed by atoms with van der Waals surface area (Å²) in [5.74, 6) is -1.16. The standard InChI is InChI=1S/C18H21N3O5S/c1-10-8-14(26-20-10)16-11(2)12(6-7-15(16)27(5,24)25)17(22)13(9-19)18(23)21(3)4/h6-7,14,22H,8H2,1-5H3/b17-13-. The Labute approximate surface area is 158 Å². The van der Waals surface area contributed by atoms with Gasteiger partial charge in [-0.05, 0) is 31.5 Å². The molecule has 0 radical (unpaired) electrons. The highest BCUT2D eigenvalue weighted by Gasteiger charge is 2.30. The molecule has 1 heterocycles. The van der Waals surface area contributed by atoms with E-state index in [1.54, 1.807) is 19.9 Å². The summed E-state index contributed by atoms with van der Waals surface area (Å²) in [5.41, 5.74) is 1.24. The monoisotopic (exact) mass is 391 g/mol. The Bertz CT molecular complexity index is 1000. The van der Waals surface area contributed by atoms with Crippen molar-refractivity contribution in [1.82, 2.24) is 4.90 Å². The lowest BCUT2D eigenvalue weighted by molar-refractivity contribution is -0.124. The van der Waals surface area contributed by atoms with Crippen LogP contribution < -0.4 is 0 Å². The summed E-state index contributed by atoms with van der Waals surface area (Å²) in [4.78, 5) is 18.8. The first-order valence-electron chi connectivity index (χ1n) is 8.07. The number of carbonyl (C=O) groups is 1. The molecule has 1 N–H and O–H groups in total. The van der Waals surface area contributed by atoms with Crippen LogP contribution in [0.25, 0.3) is 5.76 Å². The van der Waals surface area contributed by atoms with Crippen molar-refractivity contribution < 1.29 is 23.2 Å². The van der Waals surface area contributed by atoms with E-state index in [1.165, 1.54) is 31.1 Å². The lowest BCUT2D eigenvalue weighted by Gasteiger charge is -2.19. The number of likely N-dealkylation sites (N-methyl/N-ethyl adjacent to an activating group) is 1. The zero-order valence-corrected chi connectivity index (χ0v) is 16.6. The summed E-state index contributed by atoms with van der Waals surface area (Å²) < 4.78 is 24.5. The molecule has 0 aliphatic carbocycles. The molecular weight excluding hydrogens is 370 g/mol. The average Bonchev–Trinajstić information content (AvgIpc) is 2.99. The summed E-state index contributed by atoms with van der Waals surface area (Å²) in [7, 11) is -0.652. The van der Waals surface area contributed by atoms with E-state index in [2.05, 4.69) is 5.16 Å². The largest absolute Gasteiger partial charge is 0.506 e. The van der Waals surface area contributed by atoms with Crippen LogP contribution in [0.5, 0.6) is 0 Å². The zero-order valence-electron chi connectivity index (χ0n) is 15.8. The van der Waals surface area contributed by atoms with Crippen LogP contribution in [0.2, 0.25) is 0 Å². The number of nitriles is 1. The number of aliphatic hydroxyl groups excluding tert-OH is 1. The van der Waals surface area contributed by atoms with E-state index in [9.17, 15) is 23.6 Å². The number of hydrogen-bond donors (Lipinski definition) is 1. The van der Waals surface area contributed by atoms with Crippen molar-refractivity contribution in [2.45, 2.75) is 31.3 Å². The third-order valence-corrected chi connectivity index (χ3v) is 5.39. The van der Waals surface area contributed by atoms with Gasteiger partial charge in [0, 0.05) is 37.9 Å². The quantitative estimate of drug-likeness (QED) is 0.477. The fraction of sp³-hybridized carbons (Fsp3) is 0.389. The van der Waals surface area contributed by atoms with Gasteiger partial charge in [0.15, 0.2) is 21.5 Å². The molecule has 1 unspecified atom stereocenters. The van der Waals surface area contributed by atoms with E-state index in [0.717, 1.165) is 6.26 Å². The predicted octanol–water partition coefficient (Wildman–Crippen LogP) is 2.12. The second-order valence-corrected chi connectivity index (χ2v) is 8.57. The first-order chi connectivity index (χ1) is 12.5. The molecule has 9 heteroatoms. The Morgan fingerprint density at radius 2 is 2.00 bits per heavy atom. The SMILES string of the molecule is CC1=NOC(c2c(S(C)(=O)=O)ccc(/C(O)=C(\C#N)C(=O)N(C)C)c2C)C1. The highest BCUT2D eigenvalue weighted by Crippen LogP contribution is 2.37. The van der Waals surface area contributed by atoms with Crippen LogP contribution in [0.4, 0.5) is 0 Å². The van der Waals surface area contributed by atoms with Crippen molar-refractivity contribution in [3.05, 3.63) is 34.4 Å². The van der Waals surface area contributed by atoms with Crippen LogP contribution in [-0.4, -0.2) is 50.4 Å². The van der Waals surface area contributed by atoms with Gasteiger partial charge in [0.1, 0.15) is 11.8 Å². The van der Waals surface area contributed by atoms with Crippen molar-refractivity contribution in [3.8, 4) is 6.07 Å². The lowest BCUT2D eigenvalue weighted by Crippen LogP contribution is -2.24. The maximum absolute atomic E-state index is 12.2. The highest BCUT2D eigenvalue weighted by atomic mass is 32.2. The molecule has 1 atom stereocenters. The highest BCUT2D eigenvalue weighted by molar-refractivity contribution is 7.90. The fourth-order valence-electron chi connectivity index (χ4n) is 2.90. The van der Waals surface area contributed by atoms with Gasteiger partial charge in [0.05, 0.1) is 10.6 Å². The van der Waals surface area contributed by atoms with Crippen molar-refractivity contribution in [2.24, 2.45) is 5.16 Å². The summed E-state index contributed by atoms with van der Waals surface area (Å²) in [6.07, 6.45) is 0.857. The number of aliphatic hydroxyl groups is 1. The molecule has 1 aromatic carbocycles. The number of carbonyl (C=O) groups excluding carboxylic acids is 1. The van der Waals surface area contributed by atoms with E-state index < -0.39 is 33.2 Å². The van der Waals surface area contributed by atoms with E-state index in [0.29, 0.717) is 23.3 Å². The Kier molecular flexibility index (Phi) is 5.61. The van der Waals surface area contributed by atoms with Crippen molar-refractivity contribution in [3.63, 3.8) is 0 Å². The van der Waals surface area contributed by atoms with Gasteiger partial charge in [0.25, 0.3) is 5.91 Å². The number of benzene rings is 1. The summed E-state index contributed by atoms with van der Waals surface area (Å²) in [5, 5.41) is 23.8. The summed E-state index contributed by atoms with van der Waals surface area (Å²) in [6, 6.07) is 4.44. The van der Waals surface area contributed by atoms with Crippen LogP contribution in [-0.2, 0) is 19.5 Å². The molecule has 1 aliphatic heterocycles. The predicted molar refractivity (Wildman–Crippen MR) is 99.7 cm³/mol. The van der Waals surface area contributed by atoms with E-state index in [4.69, 9.17) is 4.84 Å². The smallest absolute Gasteiger partial charge is 0.267 e. The number of nitrogens with zero attached hydrogens (tertiary/aromatic N) is 3. The Morgan fingerprint density at radius 1 is 1.37 bits per heavy atom. The van der Waals surface area contributed by atoms with Gasteiger partial charge in [-0.3, -0.25) is 4.79 Å². The molecule has 0 fully saturated rings. The van der Waals surface area contributed by atoms with Crippen LogP contribution >= 0.6 is 0 Å². The third kappa shape index (κ3) is 3.95. The van der Waals surface area contributed by atoms with Crippen molar-refractivity contribution >= 4 is 27.2 Å². The van der Waals surface area contributed by atoms with Gasteiger partial charge in [0.2, 0.25) is 0 Å². The second kappa shape index (κ2) is 7.40. The van der Waals surface area contributed by atoms with Gasteiger partial charge in [-0.25, -0.2) is 8.42 Å². The average molecular weight is 391 g/mol. The molecule has 0 spiro atoms. The molecule has 1 aromatic rings. The molecule has 1 aliphatic rings. The van der Waals surface area contributed by atoms with Crippen LogP contribution in [0.1, 0.15) is 36.1 Å². The number of rotatable bonds is 4. The molecule has 2 rings (SSSR count). The topological polar surface area (TPSA) is 120 Å². The van der Waals surface area contributed by atoms with Gasteiger partial charge in [-0.15, -0.1) is 0 Å². The Balaban J connectivity index is 2.74. The Morgan fingerprint density at radius 3 is 2.44 bits per heavy atom. The first kappa shape index (κ1) is 20.5. The Hall–Kier alpha value is -2.86. The molecule has 1 amide bonds. The molecule has 0 saturated heterocycles. The first-order valence-corrected chi connectivity index (χ1v) is 9.96. The van der Waals surface area contributed by atoms with Gasteiger partial charge in [-0.1, -0.05) is 5.16 Å². The maximum atomic E-state index is 12.2. The molecular formula is C18H21N3O5S. The normalized spacial score (nSPS) is 17.5. The summed E-state index contributed by atoms with van der Waals surface area (Å²) in [6.45, 7) is 3.38. The van der Waals surface area contributed by atoms with Crippen molar-refractivity contribution in [1.29, 1.82) is 5.26 Å². The molecule has 144 valence electrons. The minimum atomic E-state index is -3.58. The number of amides is 1. The minimum absolute atomic E-state index is 0.0592. The molecule has 0 aromatic heterocycles. The minimum Gasteiger partial charge on any atom is -0.506 e. The summed E-state index contributed by atoms with van der Waals surface area (Å²) >= 11 is 0. The zero-order chi connectivity index (χ0) is 20.5.